The zero-order chi connectivity index (χ0) is 17.0. The molecule has 0 aromatic heterocycles. The molecule has 3 nitrogen and oxygen atoms in total. The van der Waals surface area contributed by atoms with E-state index < -0.39 is 27.7 Å². The van der Waals surface area contributed by atoms with Crippen LogP contribution in [-0.2, 0) is 11.0 Å². The maximum absolute atomic E-state index is 13.2. The number of halogens is 5. The number of rotatable bonds is 7. The second-order valence-corrected chi connectivity index (χ2v) is 5.97. The van der Waals surface area contributed by atoms with Gasteiger partial charge in [-0.05, 0) is 35.7 Å². The van der Waals surface area contributed by atoms with Crippen molar-refractivity contribution in [3.63, 3.8) is 0 Å². The van der Waals surface area contributed by atoms with E-state index in [9.17, 15) is 21.8 Å². The summed E-state index contributed by atoms with van der Waals surface area (Å²) >= 11 is 4.29. The molecule has 1 aromatic rings. The quantitative estimate of drug-likeness (QED) is 0.459. The van der Waals surface area contributed by atoms with Gasteiger partial charge in [0.15, 0.2) is 11.0 Å². The summed E-state index contributed by atoms with van der Waals surface area (Å²) in [6.45, 7) is 3.42. The molecule has 0 aliphatic rings. The molecule has 0 heterocycles. The Morgan fingerprint density at radius 2 is 1.91 bits per heavy atom. The number of nitrogens with one attached hydrogen (secondary N) is 1. The predicted octanol–water partition coefficient (Wildman–Crippen LogP) is 3.85. The van der Waals surface area contributed by atoms with Crippen molar-refractivity contribution in [2.75, 3.05) is 0 Å². The van der Waals surface area contributed by atoms with E-state index in [0.717, 1.165) is 0 Å². The standard InChI is InChI=1S/C13H11ClF4N2OS/c1-2-3-11(10-6-4-9(8-19)5-7-10)20-22(21)13(17,18)12(14,15)16/h2,4-7,11,20H,1,3H2/t11-,22-/m0/s1. The smallest absolute Gasteiger partial charge is 0.236 e. The van der Waals surface area contributed by atoms with E-state index in [2.05, 4.69) is 18.2 Å². The van der Waals surface area contributed by atoms with E-state index in [-0.39, 0.29) is 6.42 Å². The Morgan fingerprint density at radius 3 is 2.32 bits per heavy atom. The van der Waals surface area contributed by atoms with Crippen LogP contribution >= 0.6 is 11.6 Å². The van der Waals surface area contributed by atoms with Gasteiger partial charge >= 0.3 is 10.6 Å². The molecule has 2 atom stereocenters. The molecule has 22 heavy (non-hydrogen) atoms. The van der Waals surface area contributed by atoms with Gasteiger partial charge in [0, 0.05) is 6.04 Å². The van der Waals surface area contributed by atoms with Gasteiger partial charge in [-0.15, -0.1) is 6.58 Å². The largest absolute Gasteiger partial charge is 0.410 e. The van der Waals surface area contributed by atoms with Gasteiger partial charge in [-0.3, -0.25) is 0 Å². The highest BCUT2D eigenvalue weighted by Gasteiger charge is 2.60. The molecular weight excluding hydrogens is 344 g/mol. The molecule has 0 fully saturated rings. The minimum atomic E-state index is -4.95. The van der Waals surface area contributed by atoms with Crippen LogP contribution in [0.5, 0.6) is 0 Å². The Balaban J connectivity index is 2.99. The van der Waals surface area contributed by atoms with Gasteiger partial charge in [-0.2, -0.15) is 22.8 Å². The van der Waals surface area contributed by atoms with Gasteiger partial charge in [0.2, 0.25) is 0 Å². The highest BCUT2D eigenvalue weighted by atomic mass is 35.5. The molecule has 0 saturated heterocycles. The highest BCUT2D eigenvalue weighted by molar-refractivity contribution is 7.84. The summed E-state index contributed by atoms with van der Waals surface area (Å²) in [5.74, 6) is 0. The number of hydrogen-bond acceptors (Lipinski definition) is 2. The van der Waals surface area contributed by atoms with Crippen LogP contribution in [0.4, 0.5) is 17.6 Å². The topological polar surface area (TPSA) is 52.9 Å². The molecule has 0 aliphatic carbocycles. The van der Waals surface area contributed by atoms with Gasteiger partial charge < -0.3 is 0 Å². The highest BCUT2D eigenvalue weighted by Crippen LogP contribution is 2.40. The summed E-state index contributed by atoms with van der Waals surface area (Å²) in [7, 11) is -3.42. The van der Waals surface area contributed by atoms with Crippen molar-refractivity contribution in [3.8, 4) is 6.07 Å². The van der Waals surface area contributed by atoms with Crippen molar-refractivity contribution >= 4 is 22.6 Å². The average Bonchev–Trinajstić information content (AvgIpc) is 2.45. The zero-order valence-electron chi connectivity index (χ0n) is 11.0. The minimum absolute atomic E-state index is 0.0571. The van der Waals surface area contributed by atoms with Crippen LogP contribution in [0.25, 0.3) is 0 Å². The predicted molar refractivity (Wildman–Crippen MR) is 75.7 cm³/mol. The van der Waals surface area contributed by atoms with Crippen molar-refractivity contribution in [3.05, 3.63) is 48.0 Å². The van der Waals surface area contributed by atoms with Crippen LogP contribution in [0.3, 0.4) is 0 Å². The molecule has 120 valence electrons. The summed E-state index contributed by atoms with van der Waals surface area (Å²) in [5.41, 5.74) is 0.723. The zero-order valence-corrected chi connectivity index (χ0v) is 12.6. The summed E-state index contributed by atoms with van der Waals surface area (Å²) in [5, 5.41) is -1.21. The second-order valence-electron chi connectivity index (χ2n) is 4.21. The second kappa shape index (κ2) is 7.22. The summed E-state index contributed by atoms with van der Waals surface area (Å²) in [4.78, 5) is 0. The number of hydrogen-bond donors (Lipinski definition) is 1. The monoisotopic (exact) mass is 354 g/mol. The molecule has 1 rings (SSSR count). The van der Waals surface area contributed by atoms with E-state index in [4.69, 9.17) is 5.26 Å². The molecule has 9 heteroatoms. The van der Waals surface area contributed by atoms with Crippen LogP contribution in [0, 0.1) is 11.3 Å². The third-order valence-corrected chi connectivity index (χ3v) is 4.23. The Morgan fingerprint density at radius 1 is 1.36 bits per heavy atom. The van der Waals surface area contributed by atoms with E-state index in [1.54, 1.807) is 0 Å². The van der Waals surface area contributed by atoms with Crippen molar-refractivity contribution in [1.82, 2.24) is 4.72 Å². The molecule has 0 aliphatic heterocycles. The fourth-order valence-electron chi connectivity index (χ4n) is 1.52. The lowest BCUT2D eigenvalue weighted by molar-refractivity contribution is -0.0940. The summed E-state index contributed by atoms with van der Waals surface area (Å²) in [6.07, 6.45) is 1.41. The molecular formula is C13H11ClF4N2OS. The van der Waals surface area contributed by atoms with Gasteiger partial charge in [0.05, 0.1) is 11.6 Å². The van der Waals surface area contributed by atoms with Gasteiger partial charge in [0.1, 0.15) is 0 Å². The molecule has 1 aromatic carbocycles. The third-order valence-electron chi connectivity index (χ3n) is 2.66. The summed E-state index contributed by atoms with van der Waals surface area (Å²) in [6, 6.07) is 6.64. The van der Waals surface area contributed by atoms with Crippen LogP contribution in [0.15, 0.2) is 36.9 Å². The molecule has 0 spiro atoms. The fraction of sp³-hybridized carbons (Fsp3) is 0.308. The lowest BCUT2D eigenvalue weighted by atomic mass is 10.0. The van der Waals surface area contributed by atoms with E-state index in [1.165, 1.54) is 30.3 Å². The van der Waals surface area contributed by atoms with Gasteiger partial charge in [0.25, 0.3) is 0 Å². The van der Waals surface area contributed by atoms with Crippen molar-refractivity contribution in [1.29, 1.82) is 5.26 Å². The molecule has 0 unspecified atom stereocenters. The third kappa shape index (κ3) is 4.29. The SMILES string of the molecule is C=CC[C@H](N[S@@](=O)C(F)(F)C(F)(F)Cl)c1ccc(C#N)cc1. The maximum atomic E-state index is 13.2. The van der Waals surface area contributed by atoms with E-state index in [0.29, 0.717) is 11.1 Å². The Labute approximate surface area is 132 Å². The molecule has 0 bridgehead atoms. The first kappa shape index (κ1) is 18.6. The normalized spacial score (nSPS) is 14.9. The Kier molecular flexibility index (Phi) is 6.11. The van der Waals surface area contributed by atoms with Gasteiger partial charge in [-0.25, -0.2) is 8.93 Å². The summed E-state index contributed by atoms with van der Waals surface area (Å²) < 4.78 is 65.1. The molecule has 1 N–H and O–H groups in total. The first-order chi connectivity index (χ1) is 10.1. The molecule has 0 amide bonds. The number of benzene rings is 1. The van der Waals surface area contributed by atoms with E-state index in [1.807, 2.05) is 10.8 Å². The van der Waals surface area contributed by atoms with Crippen molar-refractivity contribution in [2.45, 2.75) is 23.1 Å². The Bertz CT molecular complexity index is 596. The maximum Gasteiger partial charge on any atom is 0.410 e. The van der Waals surface area contributed by atoms with Crippen LogP contribution in [0.1, 0.15) is 23.6 Å². The lowest BCUT2D eigenvalue weighted by Gasteiger charge is -2.24. The van der Waals surface area contributed by atoms with Crippen LogP contribution < -0.4 is 4.72 Å². The first-order valence-electron chi connectivity index (χ1n) is 5.87. The van der Waals surface area contributed by atoms with E-state index >= 15 is 0 Å². The fourth-order valence-corrected chi connectivity index (χ4v) is 2.58. The lowest BCUT2D eigenvalue weighted by Crippen LogP contribution is -2.46. The molecule has 0 radical (unpaired) electrons. The first-order valence-corrected chi connectivity index (χ1v) is 7.39. The van der Waals surface area contributed by atoms with Crippen LogP contribution in [-0.4, -0.2) is 14.8 Å². The Hall–Kier alpha value is -1.43. The van der Waals surface area contributed by atoms with Crippen molar-refractivity contribution < 1.29 is 21.8 Å². The number of alkyl halides is 5. The average molecular weight is 355 g/mol. The molecule has 0 saturated carbocycles. The number of nitrogens with zero attached hydrogens (tertiary/aromatic N) is 1. The minimum Gasteiger partial charge on any atom is -0.236 e. The van der Waals surface area contributed by atoms with Crippen molar-refractivity contribution in [2.24, 2.45) is 0 Å². The van der Waals surface area contributed by atoms with Crippen LogP contribution in [0.2, 0.25) is 0 Å². The number of nitriles is 1. The van der Waals surface area contributed by atoms with Gasteiger partial charge in [-0.1, -0.05) is 18.2 Å².